The van der Waals surface area contributed by atoms with Gasteiger partial charge in [-0.25, -0.2) is 15.0 Å². The third kappa shape index (κ3) is 3.82. The summed E-state index contributed by atoms with van der Waals surface area (Å²) < 4.78 is 1.15. The van der Waals surface area contributed by atoms with Gasteiger partial charge in [0.1, 0.15) is 12.0 Å². The van der Waals surface area contributed by atoms with Gasteiger partial charge in [0, 0.05) is 46.1 Å². The number of hydrogen-bond donors (Lipinski definition) is 3. The topological polar surface area (TPSA) is 132 Å². The van der Waals surface area contributed by atoms with Crippen LogP contribution in [0.4, 0.5) is 0 Å². The van der Waals surface area contributed by atoms with Gasteiger partial charge in [0.15, 0.2) is 0 Å². The molecular formula is C28H22N8S. The number of nitrogens with two attached hydrogens (primary N) is 2. The number of hydrogen-bond acceptors (Lipinski definition) is 8. The van der Waals surface area contributed by atoms with E-state index in [1.54, 1.807) is 17.7 Å². The number of rotatable bonds is 3. The summed E-state index contributed by atoms with van der Waals surface area (Å²) in [6, 6.07) is 18.8. The number of aromatic amines is 1. The second-order valence-electron chi connectivity index (χ2n) is 8.41. The minimum absolute atomic E-state index is 0.810. The summed E-state index contributed by atoms with van der Waals surface area (Å²) in [5, 5.41) is 3.17. The summed E-state index contributed by atoms with van der Waals surface area (Å²) in [6.45, 7) is 2.13. The lowest BCUT2D eigenvalue weighted by atomic mass is 9.92. The van der Waals surface area contributed by atoms with E-state index in [0.29, 0.717) is 0 Å². The number of nitrogens with zero attached hydrogens (tertiary/aromatic N) is 5. The predicted octanol–water partition coefficient (Wildman–Crippen LogP) is 5.64. The molecule has 0 atom stereocenters. The van der Waals surface area contributed by atoms with E-state index in [2.05, 4.69) is 81.0 Å². The number of H-pyrrole nitrogens is 1. The maximum Gasteiger partial charge on any atom is 0.141 e. The fourth-order valence-corrected chi connectivity index (χ4v) is 5.51. The van der Waals surface area contributed by atoms with E-state index in [1.165, 1.54) is 0 Å². The van der Waals surface area contributed by atoms with Crippen LogP contribution in [0.5, 0.6) is 0 Å². The molecule has 7 rings (SSSR count). The Bertz CT molecular complexity index is 1890. The molecule has 7 aromatic rings. The molecule has 0 aliphatic rings. The third-order valence-corrected chi connectivity index (χ3v) is 7.20. The molecule has 0 aliphatic heterocycles. The maximum absolute atomic E-state index is 4.87. The molecule has 0 aliphatic carbocycles. The Morgan fingerprint density at radius 3 is 2.57 bits per heavy atom. The van der Waals surface area contributed by atoms with Crippen LogP contribution in [-0.4, -0.2) is 29.9 Å². The van der Waals surface area contributed by atoms with Crippen molar-refractivity contribution in [2.45, 2.75) is 6.92 Å². The summed E-state index contributed by atoms with van der Waals surface area (Å²) in [7, 11) is 0. The van der Waals surface area contributed by atoms with Crippen LogP contribution < -0.4 is 11.7 Å². The van der Waals surface area contributed by atoms with Crippen molar-refractivity contribution in [1.82, 2.24) is 29.9 Å². The van der Waals surface area contributed by atoms with Gasteiger partial charge in [-0.1, -0.05) is 18.2 Å². The molecule has 5 heterocycles. The normalized spacial score (nSPS) is 11.1. The number of pyridine rings is 2. The fourth-order valence-electron chi connectivity index (χ4n) is 4.79. The lowest BCUT2D eigenvalue weighted by Crippen LogP contribution is -2.02. The number of aryl methyl sites for hydroxylation is 1. The van der Waals surface area contributed by atoms with E-state index in [9.17, 15) is 0 Å². The largest absolute Gasteiger partial charge is 0.346 e. The van der Waals surface area contributed by atoms with Crippen molar-refractivity contribution in [1.29, 1.82) is 0 Å². The average molecular weight is 503 g/mol. The first kappa shape index (κ1) is 22.9. The molecule has 8 nitrogen and oxygen atoms in total. The Morgan fingerprint density at radius 2 is 1.65 bits per heavy atom. The first-order chi connectivity index (χ1) is 18.3. The Kier molecular flexibility index (Phi) is 5.85. The highest BCUT2D eigenvalue weighted by molar-refractivity contribution is 7.16. The molecule has 9 heteroatoms. The van der Waals surface area contributed by atoms with Crippen LogP contribution in [0.25, 0.3) is 65.8 Å². The minimum Gasteiger partial charge on any atom is -0.346 e. The molecule has 5 aromatic heterocycles. The Balaban J connectivity index is 0.00000123. The molecule has 0 fully saturated rings. The molecule has 37 heavy (non-hydrogen) atoms. The first-order valence-electron chi connectivity index (χ1n) is 11.6. The van der Waals surface area contributed by atoms with Crippen molar-refractivity contribution < 1.29 is 0 Å². The van der Waals surface area contributed by atoms with E-state index in [4.69, 9.17) is 9.97 Å². The number of hydrazine groups is 1. The van der Waals surface area contributed by atoms with Crippen molar-refractivity contribution in [2.75, 3.05) is 0 Å². The monoisotopic (exact) mass is 502 g/mol. The molecule has 2 aromatic carbocycles. The van der Waals surface area contributed by atoms with Gasteiger partial charge < -0.3 is 4.98 Å². The maximum atomic E-state index is 4.87. The van der Waals surface area contributed by atoms with Crippen molar-refractivity contribution >= 4 is 43.4 Å². The standard InChI is InChI=1S/C28H18N6S.H4N2/c1-16-4-6-19-18(8-11-30-25(19)17-5-7-22-23(13-17)35-15-34-22)24(16)27-20(3-2-10-29-27)26-21-9-12-31-28(21)33-14-32-26;1-2/h2-15H,1H3,(H,31,32,33);1-2H2. The third-order valence-electron chi connectivity index (χ3n) is 6.41. The van der Waals surface area contributed by atoms with E-state index in [1.807, 2.05) is 36.2 Å². The Labute approximate surface area is 216 Å². The molecule has 0 saturated carbocycles. The van der Waals surface area contributed by atoms with Crippen molar-refractivity contribution in [3.05, 3.63) is 90.6 Å². The van der Waals surface area contributed by atoms with Gasteiger partial charge in [-0.15, -0.1) is 11.3 Å². The molecule has 0 spiro atoms. The Hall–Kier alpha value is -4.57. The highest BCUT2D eigenvalue weighted by atomic mass is 32.1. The van der Waals surface area contributed by atoms with Gasteiger partial charge >= 0.3 is 0 Å². The lowest BCUT2D eigenvalue weighted by Gasteiger charge is -2.15. The zero-order valence-electron chi connectivity index (χ0n) is 19.9. The van der Waals surface area contributed by atoms with Gasteiger partial charge in [-0.3, -0.25) is 21.7 Å². The van der Waals surface area contributed by atoms with Crippen molar-refractivity contribution in [3.63, 3.8) is 0 Å². The second-order valence-corrected chi connectivity index (χ2v) is 9.30. The van der Waals surface area contributed by atoms with Gasteiger partial charge in [-0.2, -0.15) is 0 Å². The molecule has 0 radical (unpaired) electrons. The summed E-state index contributed by atoms with van der Waals surface area (Å²) in [5.41, 5.74) is 10.7. The molecule has 0 bridgehead atoms. The molecule has 0 unspecified atom stereocenters. The predicted molar refractivity (Wildman–Crippen MR) is 150 cm³/mol. The van der Waals surface area contributed by atoms with Gasteiger partial charge in [-0.05, 0) is 54.3 Å². The summed E-state index contributed by atoms with van der Waals surface area (Å²) >= 11 is 1.64. The van der Waals surface area contributed by atoms with Crippen LogP contribution in [0.3, 0.4) is 0 Å². The van der Waals surface area contributed by atoms with Crippen LogP contribution in [0.2, 0.25) is 0 Å². The van der Waals surface area contributed by atoms with Crippen molar-refractivity contribution in [2.24, 2.45) is 11.7 Å². The van der Waals surface area contributed by atoms with Gasteiger partial charge in [0.05, 0.1) is 32.8 Å². The SMILES string of the molecule is Cc1ccc2c(-c3ccc4ncsc4c3)nccc2c1-c1ncccc1-c1ncnc2[nH]ccc12.NN. The molecule has 180 valence electrons. The number of thiazole rings is 1. The zero-order chi connectivity index (χ0) is 25.4. The summed E-state index contributed by atoms with van der Waals surface area (Å²) in [6.07, 6.45) is 7.21. The van der Waals surface area contributed by atoms with E-state index in [0.717, 1.165) is 71.4 Å². The number of fused-ring (bicyclic) bond motifs is 3. The molecule has 0 amide bonds. The zero-order valence-corrected chi connectivity index (χ0v) is 20.7. The van der Waals surface area contributed by atoms with Crippen LogP contribution in [0, 0.1) is 6.92 Å². The van der Waals surface area contributed by atoms with Crippen LogP contribution in [0.1, 0.15) is 5.56 Å². The highest BCUT2D eigenvalue weighted by Gasteiger charge is 2.19. The van der Waals surface area contributed by atoms with E-state index < -0.39 is 0 Å². The first-order valence-corrected chi connectivity index (χ1v) is 12.4. The fraction of sp³-hybridized carbons (Fsp3) is 0.0357. The van der Waals surface area contributed by atoms with Crippen LogP contribution in [-0.2, 0) is 0 Å². The van der Waals surface area contributed by atoms with Crippen LogP contribution >= 0.6 is 11.3 Å². The Morgan fingerprint density at radius 1 is 0.757 bits per heavy atom. The summed E-state index contributed by atoms with van der Waals surface area (Å²) in [4.78, 5) is 26.3. The molecule has 5 N–H and O–H groups in total. The van der Waals surface area contributed by atoms with E-state index >= 15 is 0 Å². The van der Waals surface area contributed by atoms with Crippen LogP contribution in [0.15, 0.2) is 85.0 Å². The molecular weight excluding hydrogens is 480 g/mol. The van der Waals surface area contributed by atoms with Gasteiger partial charge in [0.2, 0.25) is 0 Å². The summed E-state index contributed by atoms with van der Waals surface area (Å²) in [5.74, 6) is 8.00. The second kappa shape index (κ2) is 9.47. The smallest absolute Gasteiger partial charge is 0.141 e. The van der Waals surface area contributed by atoms with Gasteiger partial charge in [0.25, 0.3) is 0 Å². The lowest BCUT2D eigenvalue weighted by molar-refractivity contribution is 1.20. The minimum atomic E-state index is 0.810. The quantitative estimate of drug-likeness (QED) is 0.210. The molecule has 0 saturated heterocycles. The average Bonchev–Trinajstić information content (AvgIpc) is 3.63. The number of aromatic nitrogens is 6. The van der Waals surface area contributed by atoms with E-state index in [-0.39, 0.29) is 0 Å². The number of benzene rings is 2. The highest BCUT2D eigenvalue weighted by Crippen LogP contribution is 2.40. The van der Waals surface area contributed by atoms with Crippen molar-refractivity contribution in [3.8, 4) is 33.8 Å². The number of nitrogens with one attached hydrogen (secondary N) is 1.